The maximum absolute atomic E-state index is 12.4. The number of Topliss-reactive ketones (excluding diaryl/α,β-unsaturated/α-hetero) is 2. The molecule has 0 bridgehead atoms. The van der Waals surface area contributed by atoms with Crippen LogP contribution in [0.1, 0.15) is 6.92 Å². The third kappa shape index (κ3) is 6.24. The van der Waals surface area contributed by atoms with E-state index in [2.05, 4.69) is 19.5 Å². The molecular formula is C17H15N5NaO8S+. The Labute approximate surface area is 204 Å². The Balaban J connectivity index is 0.00000363. The average Bonchev–Trinajstić information content (AvgIpc) is 2.70. The van der Waals surface area contributed by atoms with E-state index in [4.69, 9.17) is 14.3 Å². The Morgan fingerprint density at radius 2 is 1.81 bits per heavy atom. The van der Waals surface area contributed by atoms with E-state index in [1.807, 2.05) is 0 Å². The molecular weight excluding hydrogens is 457 g/mol. The number of carbonyl (C=O) groups excluding carboxylic acids is 2. The molecule has 0 unspecified atom stereocenters. The van der Waals surface area contributed by atoms with Gasteiger partial charge in [0.05, 0.1) is 17.9 Å². The van der Waals surface area contributed by atoms with E-state index in [1.54, 1.807) is 30.3 Å². The molecule has 162 valence electrons. The molecule has 0 amide bonds. The zero-order valence-electron chi connectivity index (χ0n) is 16.8. The number of para-hydroxylation sites is 1. The zero-order valence-corrected chi connectivity index (χ0v) is 19.6. The van der Waals surface area contributed by atoms with Crippen molar-refractivity contribution in [2.45, 2.75) is 6.92 Å². The summed E-state index contributed by atoms with van der Waals surface area (Å²) in [6.45, 7) is 1.40. The van der Waals surface area contributed by atoms with Crippen LogP contribution in [0, 0.1) is 5.21 Å². The standard InChI is InChI=1S/C17H15N5O8S.Na/c1-10-16(23)14(9-21(20-10)11-5-3-2-4-6-11)19-18-13-7-12(22(25)26)8-15(17(13)24)30-31(27,28)29;/h2-8,25H,9H2,1H3,(H2,27,28,29);/q;+1. The van der Waals surface area contributed by atoms with Gasteiger partial charge in [-0.15, -0.1) is 19.3 Å². The number of nitrogens with zero attached hydrogens (tertiary/aromatic N) is 5. The fourth-order valence-electron chi connectivity index (χ4n) is 2.56. The Bertz CT molecular complexity index is 1120. The second-order valence-corrected chi connectivity index (χ2v) is 7.21. The maximum Gasteiger partial charge on any atom is 1.00 e. The number of allylic oxidation sites excluding steroid dienone is 3. The number of carbonyl (C=O) groups is 2. The van der Waals surface area contributed by atoms with Gasteiger partial charge in [-0.05, 0) is 25.1 Å². The first-order valence-corrected chi connectivity index (χ1v) is 9.84. The van der Waals surface area contributed by atoms with E-state index in [0.717, 1.165) is 6.08 Å². The Kier molecular flexibility index (Phi) is 8.33. The van der Waals surface area contributed by atoms with E-state index in [-0.39, 0.29) is 47.5 Å². The van der Waals surface area contributed by atoms with E-state index in [9.17, 15) is 19.0 Å². The summed E-state index contributed by atoms with van der Waals surface area (Å²) in [7, 11) is -4.85. The number of hydrazone groups is 1. The quantitative estimate of drug-likeness (QED) is 0.190. The molecule has 2 aliphatic rings. The van der Waals surface area contributed by atoms with Crippen LogP contribution in [-0.2, 0) is 28.8 Å². The van der Waals surface area contributed by atoms with Gasteiger partial charge in [-0.1, -0.05) is 18.2 Å². The Morgan fingerprint density at radius 3 is 2.41 bits per heavy atom. The molecule has 3 rings (SSSR count). The Morgan fingerprint density at radius 1 is 1.16 bits per heavy atom. The molecule has 32 heavy (non-hydrogen) atoms. The molecule has 13 nitrogen and oxygen atoms in total. The number of ketones is 2. The fraction of sp³-hybridized carbons (Fsp3) is 0.118. The van der Waals surface area contributed by atoms with Crippen molar-refractivity contribution in [3.05, 3.63) is 59.1 Å². The molecule has 1 heterocycles. The summed E-state index contributed by atoms with van der Waals surface area (Å²) in [4.78, 5) is 24.8. The van der Waals surface area contributed by atoms with Gasteiger partial charge in [-0.2, -0.15) is 5.10 Å². The number of hydrogen-bond acceptors (Lipinski definition) is 11. The molecule has 15 heteroatoms. The number of rotatable bonds is 5. The average molecular weight is 472 g/mol. The largest absolute Gasteiger partial charge is 1.00 e. The number of hydrogen-bond donors (Lipinski definition) is 3. The van der Waals surface area contributed by atoms with Crippen molar-refractivity contribution in [1.82, 2.24) is 5.23 Å². The second-order valence-electron chi connectivity index (χ2n) is 6.15. The minimum atomic E-state index is -4.85. The van der Waals surface area contributed by atoms with Crippen molar-refractivity contribution < 1.29 is 61.9 Å². The molecule has 1 aromatic carbocycles. The SMILES string of the molecule is CC1=NN(c2ccccc2)CC(=NN=C2C=C(N([O-])O)C=C(O[S+](=O)(O)O)C2=O)C1=O.[Na+]. The Hall–Kier alpha value is -2.56. The van der Waals surface area contributed by atoms with Gasteiger partial charge in [0, 0.05) is 10.3 Å². The molecule has 0 radical (unpaired) electrons. The number of hydroxylamine groups is 2. The minimum Gasteiger partial charge on any atom is -0.733 e. The van der Waals surface area contributed by atoms with Crippen molar-refractivity contribution in [3.63, 3.8) is 0 Å². The summed E-state index contributed by atoms with van der Waals surface area (Å²) >= 11 is 0. The topological polar surface area (TPSA) is 188 Å². The molecule has 0 saturated carbocycles. The molecule has 0 fully saturated rings. The number of anilines is 1. The van der Waals surface area contributed by atoms with E-state index in [1.165, 1.54) is 11.9 Å². The molecule has 3 N–H and O–H groups in total. The van der Waals surface area contributed by atoms with Gasteiger partial charge >= 0.3 is 40.3 Å². The molecule has 0 spiro atoms. The first-order valence-electron chi connectivity index (χ1n) is 8.45. The van der Waals surface area contributed by atoms with Crippen molar-refractivity contribution >= 4 is 45.2 Å². The van der Waals surface area contributed by atoms with Crippen LogP contribution in [-0.4, -0.2) is 54.8 Å². The third-order valence-electron chi connectivity index (χ3n) is 3.93. The fourth-order valence-corrected chi connectivity index (χ4v) is 2.92. The second kappa shape index (κ2) is 10.4. The minimum absolute atomic E-state index is 0. The van der Waals surface area contributed by atoms with Crippen LogP contribution in [0.4, 0.5) is 5.69 Å². The van der Waals surface area contributed by atoms with Crippen LogP contribution in [0.5, 0.6) is 0 Å². The third-order valence-corrected chi connectivity index (χ3v) is 4.33. The summed E-state index contributed by atoms with van der Waals surface area (Å²) < 4.78 is 33.0. The van der Waals surface area contributed by atoms with E-state index < -0.39 is 44.7 Å². The summed E-state index contributed by atoms with van der Waals surface area (Å²) in [5, 5.41) is 32.7. The molecule has 1 aromatic rings. The van der Waals surface area contributed by atoms with Crippen LogP contribution in [0.25, 0.3) is 0 Å². The maximum atomic E-state index is 12.4. The smallest absolute Gasteiger partial charge is 0.733 e. The van der Waals surface area contributed by atoms with Crippen LogP contribution in [0.15, 0.2) is 69.2 Å². The predicted molar refractivity (Wildman–Crippen MR) is 109 cm³/mol. The monoisotopic (exact) mass is 472 g/mol. The van der Waals surface area contributed by atoms with Gasteiger partial charge in [0.1, 0.15) is 17.1 Å². The van der Waals surface area contributed by atoms with Gasteiger partial charge in [0.25, 0.3) is 5.78 Å². The van der Waals surface area contributed by atoms with Gasteiger partial charge < -0.3 is 10.4 Å². The van der Waals surface area contributed by atoms with Gasteiger partial charge in [0.2, 0.25) is 11.5 Å². The molecule has 0 saturated heterocycles. The van der Waals surface area contributed by atoms with Crippen molar-refractivity contribution in [1.29, 1.82) is 0 Å². The molecule has 0 aromatic heterocycles. The van der Waals surface area contributed by atoms with Crippen molar-refractivity contribution in [2.24, 2.45) is 15.3 Å². The molecule has 0 atom stereocenters. The van der Waals surface area contributed by atoms with Gasteiger partial charge in [0.15, 0.2) is 0 Å². The van der Waals surface area contributed by atoms with E-state index >= 15 is 0 Å². The zero-order chi connectivity index (χ0) is 22.8. The van der Waals surface area contributed by atoms with Crippen molar-refractivity contribution in [2.75, 3.05) is 11.6 Å². The normalized spacial score (nSPS) is 19.3. The summed E-state index contributed by atoms with van der Waals surface area (Å²) in [6.07, 6.45) is 1.43. The number of benzene rings is 1. The van der Waals surface area contributed by atoms with E-state index in [0.29, 0.717) is 11.8 Å². The predicted octanol–water partition coefficient (Wildman–Crippen LogP) is -1.83. The van der Waals surface area contributed by atoms with Crippen LogP contribution in [0.2, 0.25) is 0 Å². The summed E-state index contributed by atoms with van der Waals surface area (Å²) in [6, 6.07) is 8.88. The molecule has 1 aliphatic heterocycles. The summed E-state index contributed by atoms with van der Waals surface area (Å²) in [5.74, 6) is -2.60. The first-order chi connectivity index (χ1) is 14.5. The van der Waals surface area contributed by atoms with Crippen molar-refractivity contribution in [3.8, 4) is 0 Å². The van der Waals surface area contributed by atoms with Gasteiger partial charge in [-0.25, -0.2) is 4.18 Å². The van der Waals surface area contributed by atoms with Gasteiger partial charge in [-0.3, -0.25) is 19.8 Å². The molecule has 1 aliphatic carbocycles. The first kappa shape index (κ1) is 25.7. The summed E-state index contributed by atoms with van der Waals surface area (Å²) in [5.41, 5.74) is -0.494. The van der Waals surface area contributed by atoms with Crippen LogP contribution in [0.3, 0.4) is 0 Å². The van der Waals surface area contributed by atoms with Crippen LogP contribution >= 0.6 is 0 Å². The van der Waals surface area contributed by atoms with Crippen LogP contribution < -0.4 is 34.6 Å².